The average Bonchev–Trinajstić information content (AvgIpc) is 2.63. The van der Waals surface area contributed by atoms with E-state index in [1.54, 1.807) is 14.2 Å². The molecule has 6 nitrogen and oxygen atoms in total. The normalized spacial score (nSPS) is 11.2. The first-order valence-corrected chi connectivity index (χ1v) is 9.91. The number of hydrogen-bond donors (Lipinski definition) is 0. The van der Waals surface area contributed by atoms with Gasteiger partial charge in [0.25, 0.3) is 0 Å². The molecule has 8 heteroatoms. The van der Waals surface area contributed by atoms with E-state index in [4.69, 9.17) is 28.4 Å². The highest BCUT2D eigenvalue weighted by Crippen LogP contribution is 2.29. The molecule has 1 aromatic rings. The van der Waals surface area contributed by atoms with Crippen LogP contribution in [0.4, 0.5) is 0 Å². The molecule has 0 unspecified atom stereocenters. The molecule has 0 saturated heterocycles. The molecule has 0 radical (unpaired) electrons. The van der Waals surface area contributed by atoms with Crippen molar-refractivity contribution in [3.8, 4) is 5.75 Å². The molecule has 25 heavy (non-hydrogen) atoms. The number of methoxy groups -OCH3 is 2. The Morgan fingerprint density at radius 3 is 1.96 bits per heavy atom. The van der Waals surface area contributed by atoms with E-state index >= 15 is 0 Å². The van der Waals surface area contributed by atoms with Crippen molar-refractivity contribution in [2.45, 2.75) is 6.29 Å². The van der Waals surface area contributed by atoms with E-state index in [1.807, 2.05) is 18.2 Å². The van der Waals surface area contributed by atoms with Crippen LogP contribution >= 0.6 is 31.9 Å². The molecule has 0 fully saturated rings. The zero-order chi connectivity index (χ0) is 18.3. The van der Waals surface area contributed by atoms with Crippen LogP contribution in [0.15, 0.2) is 22.7 Å². The SMILES string of the molecule is COC(OC)c1cc(OCCOCCOCCOCCBr)ccc1Br. The van der Waals surface area contributed by atoms with E-state index in [-0.39, 0.29) is 0 Å². The Balaban J connectivity index is 2.15. The highest BCUT2D eigenvalue weighted by Gasteiger charge is 2.13. The van der Waals surface area contributed by atoms with E-state index < -0.39 is 6.29 Å². The number of hydrogen-bond acceptors (Lipinski definition) is 6. The van der Waals surface area contributed by atoms with E-state index in [9.17, 15) is 0 Å². The molecule has 0 amide bonds. The average molecular weight is 486 g/mol. The summed E-state index contributed by atoms with van der Waals surface area (Å²) in [6, 6.07) is 5.67. The van der Waals surface area contributed by atoms with Gasteiger partial charge in [0, 0.05) is 29.6 Å². The molecule has 0 spiro atoms. The molecule has 0 atom stereocenters. The minimum atomic E-state index is -0.440. The fourth-order valence-corrected chi connectivity index (χ4v) is 2.62. The van der Waals surface area contributed by atoms with Gasteiger partial charge in [-0.1, -0.05) is 31.9 Å². The first kappa shape index (κ1) is 22.8. The van der Waals surface area contributed by atoms with Crippen LogP contribution in [0.2, 0.25) is 0 Å². The molecule has 1 rings (SSSR count). The first-order valence-electron chi connectivity index (χ1n) is 8.00. The summed E-state index contributed by atoms with van der Waals surface area (Å²) >= 11 is 6.78. The largest absolute Gasteiger partial charge is 0.491 e. The predicted octanol–water partition coefficient (Wildman–Crippen LogP) is 3.56. The summed E-state index contributed by atoms with van der Waals surface area (Å²) < 4.78 is 33.3. The Hall–Kier alpha value is -0.220. The Kier molecular flexibility index (Phi) is 13.6. The van der Waals surface area contributed by atoms with Gasteiger partial charge in [0.2, 0.25) is 0 Å². The highest BCUT2D eigenvalue weighted by molar-refractivity contribution is 9.10. The quantitative estimate of drug-likeness (QED) is 0.215. The molecule has 0 aliphatic rings. The van der Waals surface area contributed by atoms with Crippen LogP contribution in [0, 0.1) is 0 Å². The van der Waals surface area contributed by atoms with E-state index in [1.165, 1.54) is 0 Å². The molecular weight excluding hydrogens is 460 g/mol. The van der Waals surface area contributed by atoms with Gasteiger partial charge in [0.15, 0.2) is 6.29 Å². The van der Waals surface area contributed by atoms with E-state index in [0.717, 1.165) is 21.1 Å². The van der Waals surface area contributed by atoms with Gasteiger partial charge in [0.05, 0.1) is 39.6 Å². The minimum absolute atomic E-state index is 0.440. The summed E-state index contributed by atoms with van der Waals surface area (Å²) in [7, 11) is 3.19. The fraction of sp³-hybridized carbons (Fsp3) is 0.647. The maximum absolute atomic E-state index is 5.69. The lowest BCUT2D eigenvalue weighted by atomic mass is 10.2. The third-order valence-corrected chi connectivity index (χ3v) is 4.16. The van der Waals surface area contributed by atoms with Crippen molar-refractivity contribution in [1.29, 1.82) is 0 Å². The lowest BCUT2D eigenvalue weighted by Crippen LogP contribution is -2.13. The number of ether oxygens (including phenoxy) is 6. The van der Waals surface area contributed by atoms with Crippen molar-refractivity contribution in [1.82, 2.24) is 0 Å². The molecule has 0 N–H and O–H groups in total. The van der Waals surface area contributed by atoms with Gasteiger partial charge in [-0.25, -0.2) is 0 Å². The molecular formula is C17H26Br2O6. The minimum Gasteiger partial charge on any atom is -0.491 e. The van der Waals surface area contributed by atoms with Crippen molar-refractivity contribution in [3.63, 3.8) is 0 Å². The van der Waals surface area contributed by atoms with Crippen LogP contribution in [0.5, 0.6) is 5.75 Å². The lowest BCUT2D eigenvalue weighted by Gasteiger charge is -2.16. The van der Waals surface area contributed by atoms with Crippen LogP contribution in [0.25, 0.3) is 0 Å². The predicted molar refractivity (Wildman–Crippen MR) is 103 cm³/mol. The second-order valence-electron chi connectivity index (χ2n) is 4.86. The summed E-state index contributed by atoms with van der Waals surface area (Å²) in [5, 5.41) is 0.841. The topological polar surface area (TPSA) is 55.4 Å². The summed E-state index contributed by atoms with van der Waals surface area (Å²) in [6.07, 6.45) is -0.440. The third-order valence-electron chi connectivity index (χ3n) is 3.11. The summed E-state index contributed by atoms with van der Waals surface area (Å²) in [6.45, 7) is 3.91. The van der Waals surface area contributed by atoms with Gasteiger partial charge in [-0.15, -0.1) is 0 Å². The standard InChI is InChI=1S/C17H26Br2O6/c1-20-17(21-2)15-13-14(3-4-16(15)19)25-12-11-24-10-9-23-8-7-22-6-5-18/h3-4,13,17H,5-12H2,1-2H3. The molecule has 0 saturated carbocycles. The van der Waals surface area contributed by atoms with Crippen molar-refractivity contribution >= 4 is 31.9 Å². The summed E-state index contributed by atoms with van der Waals surface area (Å²) in [5.74, 6) is 0.737. The maximum atomic E-state index is 5.69. The molecule has 0 bridgehead atoms. The maximum Gasteiger partial charge on any atom is 0.184 e. The van der Waals surface area contributed by atoms with Crippen LogP contribution < -0.4 is 4.74 Å². The second kappa shape index (κ2) is 14.9. The molecule has 0 aliphatic heterocycles. The van der Waals surface area contributed by atoms with Crippen LogP contribution in [-0.2, 0) is 23.7 Å². The van der Waals surface area contributed by atoms with Crippen molar-refractivity contribution < 1.29 is 28.4 Å². The van der Waals surface area contributed by atoms with Crippen LogP contribution in [-0.4, -0.2) is 65.8 Å². The summed E-state index contributed by atoms with van der Waals surface area (Å²) in [4.78, 5) is 0. The zero-order valence-corrected chi connectivity index (χ0v) is 17.8. The second-order valence-corrected chi connectivity index (χ2v) is 6.51. The first-order chi connectivity index (χ1) is 12.2. The summed E-state index contributed by atoms with van der Waals surface area (Å²) in [5.41, 5.74) is 0.874. The smallest absolute Gasteiger partial charge is 0.184 e. The lowest BCUT2D eigenvalue weighted by molar-refractivity contribution is -0.106. The van der Waals surface area contributed by atoms with Crippen molar-refractivity contribution in [2.75, 3.05) is 65.8 Å². The van der Waals surface area contributed by atoms with Gasteiger partial charge >= 0.3 is 0 Å². The zero-order valence-electron chi connectivity index (χ0n) is 14.7. The van der Waals surface area contributed by atoms with Gasteiger partial charge in [-0.05, 0) is 18.2 Å². The van der Waals surface area contributed by atoms with Crippen LogP contribution in [0.1, 0.15) is 11.9 Å². The Labute approximate surface area is 166 Å². The van der Waals surface area contributed by atoms with E-state index in [2.05, 4.69) is 31.9 Å². The number of halogens is 2. The Morgan fingerprint density at radius 1 is 0.840 bits per heavy atom. The van der Waals surface area contributed by atoms with Crippen molar-refractivity contribution in [3.05, 3.63) is 28.2 Å². The number of alkyl halides is 1. The molecule has 0 aliphatic carbocycles. The van der Waals surface area contributed by atoms with Gasteiger partial charge in [0.1, 0.15) is 12.4 Å². The van der Waals surface area contributed by atoms with Gasteiger partial charge in [-0.3, -0.25) is 0 Å². The Bertz CT molecular complexity index is 457. The highest BCUT2D eigenvalue weighted by atomic mass is 79.9. The number of benzene rings is 1. The molecule has 144 valence electrons. The monoisotopic (exact) mass is 484 g/mol. The molecule has 1 aromatic carbocycles. The number of rotatable bonds is 15. The molecule has 0 aromatic heterocycles. The third kappa shape index (κ3) is 9.89. The molecule has 0 heterocycles. The van der Waals surface area contributed by atoms with E-state index in [0.29, 0.717) is 46.2 Å². The van der Waals surface area contributed by atoms with Gasteiger partial charge in [-0.2, -0.15) is 0 Å². The fourth-order valence-electron chi connectivity index (χ4n) is 1.96. The Morgan fingerprint density at radius 2 is 1.40 bits per heavy atom. The van der Waals surface area contributed by atoms with Crippen molar-refractivity contribution in [2.24, 2.45) is 0 Å². The van der Waals surface area contributed by atoms with Gasteiger partial charge < -0.3 is 28.4 Å². The van der Waals surface area contributed by atoms with Crippen LogP contribution in [0.3, 0.4) is 0 Å².